The highest BCUT2D eigenvalue weighted by Gasteiger charge is 2.13. The van der Waals surface area contributed by atoms with Gasteiger partial charge < -0.3 is 0 Å². The highest BCUT2D eigenvalue weighted by molar-refractivity contribution is 6.20. The second kappa shape index (κ2) is 6.15. The fourth-order valence-electron chi connectivity index (χ4n) is 2.37. The summed E-state index contributed by atoms with van der Waals surface area (Å²) < 4.78 is 1.86. The summed E-state index contributed by atoms with van der Waals surface area (Å²) >= 11 is 6.56. The van der Waals surface area contributed by atoms with E-state index < -0.39 is 0 Å². The van der Waals surface area contributed by atoms with Crippen LogP contribution in [-0.4, -0.2) is 9.78 Å². The van der Waals surface area contributed by atoms with Gasteiger partial charge in [-0.25, -0.2) is 4.68 Å². The summed E-state index contributed by atoms with van der Waals surface area (Å²) in [7, 11) is 0. The molecule has 21 heavy (non-hydrogen) atoms. The van der Waals surface area contributed by atoms with Gasteiger partial charge in [-0.05, 0) is 36.6 Å². The van der Waals surface area contributed by atoms with Crippen molar-refractivity contribution in [3.63, 3.8) is 0 Å². The Kier molecular flexibility index (Phi) is 4.07. The molecule has 1 atom stereocenters. The normalized spacial score (nSPS) is 12.3. The van der Waals surface area contributed by atoms with E-state index in [0.717, 1.165) is 17.7 Å². The van der Waals surface area contributed by atoms with E-state index in [0.29, 0.717) is 0 Å². The SMILES string of the molecule is Cc1ccccc1CC(Cl)c1cnn(-c2ccccc2)c1. The van der Waals surface area contributed by atoms with Crippen LogP contribution in [0.15, 0.2) is 67.0 Å². The first-order chi connectivity index (χ1) is 10.2. The third-order valence-corrected chi connectivity index (χ3v) is 4.05. The third-order valence-electron chi connectivity index (χ3n) is 3.65. The van der Waals surface area contributed by atoms with Crippen LogP contribution in [0, 0.1) is 6.92 Å². The van der Waals surface area contributed by atoms with Gasteiger partial charge in [0.15, 0.2) is 0 Å². The molecule has 1 unspecified atom stereocenters. The Morgan fingerprint density at radius 2 is 1.76 bits per heavy atom. The Balaban J connectivity index is 1.79. The van der Waals surface area contributed by atoms with Crippen molar-refractivity contribution >= 4 is 11.6 Å². The summed E-state index contributed by atoms with van der Waals surface area (Å²) in [5.74, 6) is 0. The van der Waals surface area contributed by atoms with Crippen LogP contribution in [0.4, 0.5) is 0 Å². The van der Waals surface area contributed by atoms with E-state index in [1.807, 2.05) is 47.4 Å². The lowest BCUT2D eigenvalue weighted by Crippen LogP contribution is -1.97. The Hall–Kier alpha value is -2.06. The van der Waals surface area contributed by atoms with Crippen LogP contribution in [0.5, 0.6) is 0 Å². The fraction of sp³-hybridized carbons (Fsp3) is 0.167. The fourth-order valence-corrected chi connectivity index (χ4v) is 2.65. The molecule has 3 heteroatoms. The van der Waals surface area contributed by atoms with E-state index in [2.05, 4.69) is 36.3 Å². The minimum Gasteiger partial charge on any atom is -0.241 e. The maximum Gasteiger partial charge on any atom is 0.0656 e. The Bertz CT molecular complexity index is 719. The van der Waals surface area contributed by atoms with Crippen LogP contribution in [0.3, 0.4) is 0 Å². The molecule has 0 saturated carbocycles. The van der Waals surface area contributed by atoms with E-state index in [9.17, 15) is 0 Å². The summed E-state index contributed by atoms with van der Waals surface area (Å²) in [5.41, 5.74) is 4.65. The van der Waals surface area contributed by atoms with Crippen molar-refractivity contribution in [3.05, 3.63) is 83.7 Å². The molecule has 0 bridgehead atoms. The van der Waals surface area contributed by atoms with Gasteiger partial charge in [0.1, 0.15) is 0 Å². The molecule has 0 fully saturated rings. The van der Waals surface area contributed by atoms with E-state index in [4.69, 9.17) is 11.6 Å². The van der Waals surface area contributed by atoms with E-state index in [-0.39, 0.29) is 5.38 Å². The molecule has 3 rings (SSSR count). The number of aromatic nitrogens is 2. The number of rotatable bonds is 4. The predicted molar refractivity (Wildman–Crippen MR) is 87.0 cm³/mol. The molecule has 2 nitrogen and oxygen atoms in total. The van der Waals surface area contributed by atoms with Gasteiger partial charge >= 0.3 is 0 Å². The number of hydrogen-bond acceptors (Lipinski definition) is 1. The number of halogens is 1. The smallest absolute Gasteiger partial charge is 0.0656 e. The molecule has 0 N–H and O–H groups in total. The number of alkyl halides is 1. The number of hydrogen-bond donors (Lipinski definition) is 0. The highest BCUT2D eigenvalue weighted by Crippen LogP contribution is 2.26. The Labute approximate surface area is 130 Å². The zero-order valence-corrected chi connectivity index (χ0v) is 12.7. The average Bonchev–Trinajstić information content (AvgIpc) is 3.00. The van der Waals surface area contributed by atoms with Gasteiger partial charge in [-0.1, -0.05) is 42.5 Å². The van der Waals surface area contributed by atoms with Crippen LogP contribution in [-0.2, 0) is 6.42 Å². The summed E-state index contributed by atoms with van der Waals surface area (Å²) in [5, 5.41) is 4.34. The molecule has 0 spiro atoms. The first-order valence-electron chi connectivity index (χ1n) is 7.02. The van der Waals surface area contributed by atoms with Gasteiger partial charge in [-0.15, -0.1) is 11.6 Å². The van der Waals surface area contributed by atoms with Crippen molar-refractivity contribution in [2.45, 2.75) is 18.7 Å². The molecule has 1 heterocycles. The topological polar surface area (TPSA) is 17.8 Å². The first-order valence-corrected chi connectivity index (χ1v) is 7.46. The second-order valence-corrected chi connectivity index (χ2v) is 5.68. The summed E-state index contributed by atoms with van der Waals surface area (Å²) in [6.45, 7) is 2.12. The standard InChI is InChI=1S/C18H17ClN2/c1-14-7-5-6-8-15(14)11-18(19)16-12-20-21(13-16)17-9-3-2-4-10-17/h2-10,12-13,18H,11H2,1H3. The number of benzene rings is 2. The molecule has 0 aliphatic carbocycles. The van der Waals surface area contributed by atoms with Gasteiger partial charge in [0.2, 0.25) is 0 Å². The minimum absolute atomic E-state index is 0.0661. The lowest BCUT2D eigenvalue weighted by atomic mass is 10.0. The Morgan fingerprint density at radius 1 is 1.05 bits per heavy atom. The van der Waals surface area contributed by atoms with Crippen LogP contribution >= 0.6 is 11.6 Å². The van der Waals surface area contributed by atoms with Crippen molar-refractivity contribution < 1.29 is 0 Å². The summed E-state index contributed by atoms with van der Waals surface area (Å²) in [6, 6.07) is 18.4. The first kappa shape index (κ1) is 13.9. The second-order valence-electron chi connectivity index (χ2n) is 5.15. The molecular formula is C18H17ClN2. The Morgan fingerprint density at radius 3 is 2.52 bits per heavy atom. The molecule has 2 aromatic carbocycles. The molecule has 1 aromatic heterocycles. The highest BCUT2D eigenvalue weighted by atomic mass is 35.5. The van der Waals surface area contributed by atoms with Crippen molar-refractivity contribution in [1.29, 1.82) is 0 Å². The lowest BCUT2D eigenvalue weighted by Gasteiger charge is -2.09. The van der Waals surface area contributed by atoms with Gasteiger partial charge in [-0.3, -0.25) is 0 Å². The molecular weight excluding hydrogens is 280 g/mol. The van der Waals surface area contributed by atoms with Crippen molar-refractivity contribution in [2.24, 2.45) is 0 Å². The summed E-state index contributed by atoms with van der Waals surface area (Å²) in [6.07, 6.45) is 4.67. The molecule has 0 saturated heterocycles. The monoisotopic (exact) mass is 296 g/mol. The van der Waals surface area contributed by atoms with E-state index in [1.165, 1.54) is 11.1 Å². The zero-order valence-electron chi connectivity index (χ0n) is 11.9. The summed E-state index contributed by atoms with van der Waals surface area (Å²) in [4.78, 5) is 0. The largest absolute Gasteiger partial charge is 0.241 e. The van der Waals surface area contributed by atoms with Crippen LogP contribution in [0.25, 0.3) is 5.69 Å². The average molecular weight is 297 g/mol. The number of nitrogens with zero attached hydrogens (tertiary/aromatic N) is 2. The maximum atomic E-state index is 6.56. The molecule has 0 aliphatic rings. The zero-order chi connectivity index (χ0) is 14.7. The molecule has 0 radical (unpaired) electrons. The third kappa shape index (κ3) is 3.17. The van der Waals surface area contributed by atoms with Crippen molar-refractivity contribution in [2.75, 3.05) is 0 Å². The van der Waals surface area contributed by atoms with Gasteiger partial charge in [-0.2, -0.15) is 5.10 Å². The van der Waals surface area contributed by atoms with Gasteiger partial charge in [0.25, 0.3) is 0 Å². The maximum absolute atomic E-state index is 6.56. The minimum atomic E-state index is -0.0661. The molecule has 106 valence electrons. The van der Waals surface area contributed by atoms with E-state index in [1.54, 1.807) is 0 Å². The molecule has 0 aliphatic heterocycles. The predicted octanol–water partition coefficient (Wildman–Crippen LogP) is 4.70. The number of para-hydroxylation sites is 1. The lowest BCUT2D eigenvalue weighted by molar-refractivity contribution is 0.876. The quantitative estimate of drug-likeness (QED) is 0.638. The number of aryl methyl sites for hydroxylation is 1. The molecule has 3 aromatic rings. The van der Waals surface area contributed by atoms with Gasteiger partial charge in [0.05, 0.1) is 17.3 Å². The van der Waals surface area contributed by atoms with Crippen molar-refractivity contribution in [1.82, 2.24) is 9.78 Å². The van der Waals surface area contributed by atoms with Crippen LogP contribution in [0.1, 0.15) is 22.1 Å². The van der Waals surface area contributed by atoms with Crippen LogP contribution in [0.2, 0.25) is 0 Å². The van der Waals surface area contributed by atoms with Gasteiger partial charge in [0, 0.05) is 11.8 Å². The molecule has 0 amide bonds. The van der Waals surface area contributed by atoms with Crippen molar-refractivity contribution in [3.8, 4) is 5.69 Å². The van der Waals surface area contributed by atoms with E-state index >= 15 is 0 Å². The van der Waals surface area contributed by atoms with Crippen LogP contribution < -0.4 is 0 Å².